The Hall–Kier alpha value is -4.81. The lowest BCUT2D eigenvalue weighted by Crippen LogP contribution is -2.28. The van der Waals surface area contributed by atoms with Crippen molar-refractivity contribution in [2.45, 2.75) is 38.0 Å². The second-order valence-corrected chi connectivity index (χ2v) is 8.97. The topological polar surface area (TPSA) is 132 Å². The SMILES string of the molecule is C=C/C=C(\N=C)n1cc(C(=O)Nc2ccc(-c3cnc(OC4CCC(C(=O)O)CC4)nc3)cc2)c(C(F)(F)F)n1. The molecule has 3 aromatic rings. The van der Waals surface area contributed by atoms with Crippen LogP contribution in [0.15, 0.2) is 66.6 Å². The van der Waals surface area contributed by atoms with E-state index < -0.39 is 29.3 Å². The number of aliphatic carboxylic acids is 1. The maximum Gasteiger partial charge on any atom is 0.435 e. The van der Waals surface area contributed by atoms with E-state index in [1.54, 1.807) is 24.5 Å². The molecule has 208 valence electrons. The number of amides is 1. The van der Waals surface area contributed by atoms with Crippen LogP contribution in [0.2, 0.25) is 0 Å². The monoisotopic (exact) mass is 554 g/mol. The van der Waals surface area contributed by atoms with Gasteiger partial charge in [-0.2, -0.15) is 18.3 Å². The van der Waals surface area contributed by atoms with Gasteiger partial charge >= 0.3 is 18.2 Å². The third-order valence-electron chi connectivity index (χ3n) is 6.29. The second-order valence-electron chi connectivity index (χ2n) is 8.97. The summed E-state index contributed by atoms with van der Waals surface area (Å²) in [6, 6.07) is 6.56. The number of hydrogen-bond donors (Lipinski definition) is 2. The predicted molar refractivity (Wildman–Crippen MR) is 141 cm³/mol. The van der Waals surface area contributed by atoms with Gasteiger partial charge in [-0.15, -0.1) is 0 Å². The molecule has 0 spiro atoms. The fourth-order valence-corrected chi connectivity index (χ4v) is 4.22. The number of alkyl halides is 3. The fourth-order valence-electron chi connectivity index (χ4n) is 4.22. The third kappa shape index (κ3) is 6.60. The fraction of sp³-hybridized carbons (Fsp3) is 0.259. The summed E-state index contributed by atoms with van der Waals surface area (Å²) in [4.78, 5) is 35.9. The first-order valence-electron chi connectivity index (χ1n) is 12.2. The summed E-state index contributed by atoms with van der Waals surface area (Å²) < 4.78 is 47.3. The van der Waals surface area contributed by atoms with Crippen LogP contribution in [0.5, 0.6) is 6.01 Å². The van der Waals surface area contributed by atoms with E-state index in [1.807, 2.05) is 0 Å². The normalized spacial score (nSPS) is 17.6. The number of carboxylic acid groups (broad SMARTS) is 1. The Kier molecular flexibility index (Phi) is 8.41. The molecule has 1 amide bonds. The van der Waals surface area contributed by atoms with E-state index in [4.69, 9.17) is 9.84 Å². The summed E-state index contributed by atoms with van der Waals surface area (Å²) in [6.07, 6.45) is 3.93. The van der Waals surface area contributed by atoms with Gasteiger partial charge in [0.1, 0.15) is 6.10 Å². The number of carbonyl (C=O) groups excluding carboxylic acids is 1. The molecule has 2 aromatic heterocycles. The van der Waals surface area contributed by atoms with Gasteiger partial charge in [-0.1, -0.05) is 24.8 Å². The summed E-state index contributed by atoms with van der Waals surface area (Å²) in [5.74, 6) is -2.17. The van der Waals surface area contributed by atoms with Gasteiger partial charge in [0, 0.05) is 29.8 Å². The van der Waals surface area contributed by atoms with E-state index in [0.717, 1.165) is 10.9 Å². The number of benzene rings is 1. The van der Waals surface area contributed by atoms with Gasteiger partial charge in [-0.25, -0.2) is 19.6 Å². The Bertz CT molecular complexity index is 1420. The number of carboxylic acids is 1. The molecule has 1 aliphatic carbocycles. The number of rotatable bonds is 9. The Morgan fingerprint density at radius 2 is 1.75 bits per heavy atom. The minimum absolute atomic E-state index is 0.0342. The zero-order valence-electron chi connectivity index (χ0n) is 21.1. The zero-order valence-corrected chi connectivity index (χ0v) is 21.1. The third-order valence-corrected chi connectivity index (χ3v) is 6.29. The number of aliphatic imine (C=N–C) groups is 1. The quantitative estimate of drug-likeness (QED) is 0.270. The van der Waals surface area contributed by atoms with Crippen molar-refractivity contribution in [1.29, 1.82) is 0 Å². The molecule has 1 aliphatic rings. The Morgan fingerprint density at radius 1 is 1.10 bits per heavy atom. The molecule has 1 aromatic carbocycles. The van der Waals surface area contributed by atoms with Crippen molar-refractivity contribution >= 4 is 30.1 Å². The molecule has 10 nitrogen and oxygen atoms in total. The van der Waals surface area contributed by atoms with Crippen LogP contribution < -0.4 is 10.1 Å². The number of ether oxygens (including phenoxy) is 1. The minimum Gasteiger partial charge on any atom is -0.481 e. The highest BCUT2D eigenvalue weighted by Gasteiger charge is 2.39. The number of anilines is 1. The van der Waals surface area contributed by atoms with E-state index in [1.165, 1.54) is 24.3 Å². The average molecular weight is 555 g/mol. The number of halogens is 3. The lowest BCUT2D eigenvalue weighted by molar-refractivity contribution is -0.143. The Morgan fingerprint density at radius 3 is 2.30 bits per heavy atom. The summed E-state index contributed by atoms with van der Waals surface area (Å²) in [6.45, 7) is 6.77. The maximum atomic E-state index is 13.6. The molecule has 13 heteroatoms. The Labute approximate surface area is 226 Å². The minimum atomic E-state index is -4.88. The van der Waals surface area contributed by atoms with Gasteiger partial charge < -0.3 is 15.2 Å². The Balaban J connectivity index is 1.42. The van der Waals surface area contributed by atoms with E-state index in [2.05, 4.69) is 38.7 Å². The van der Waals surface area contributed by atoms with Crippen LogP contribution in [-0.2, 0) is 11.0 Å². The van der Waals surface area contributed by atoms with Crippen LogP contribution in [0.3, 0.4) is 0 Å². The molecular weight excluding hydrogens is 529 g/mol. The number of hydrogen-bond acceptors (Lipinski definition) is 7. The standard InChI is InChI=1S/C27H25F3N6O4/c1-3-4-22(31-2)36-15-21(23(35-36)27(28,29)30)24(37)34-19-9-5-16(6-10-19)18-13-32-26(33-14-18)40-20-11-7-17(8-12-20)25(38)39/h3-6,9-10,13-15,17,20H,1-2,7-8,11-12H2,(H,34,37)(H,38,39)/b22-4+. The highest BCUT2D eigenvalue weighted by Crippen LogP contribution is 2.32. The van der Waals surface area contributed by atoms with Crippen molar-refractivity contribution < 1.29 is 32.6 Å². The van der Waals surface area contributed by atoms with Crippen molar-refractivity contribution in [3.05, 3.63) is 72.8 Å². The largest absolute Gasteiger partial charge is 0.481 e. The van der Waals surface area contributed by atoms with Crippen LogP contribution >= 0.6 is 0 Å². The molecule has 1 saturated carbocycles. The van der Waals surface area contributed by atoms with Gasteiger partial charge in [0.2, 0.25) is 0 Å². The average Bonchev–Trinajstić information content (AvgIpc) is 3.39. The predicted octanol–water partition coefficient (Wildman–Crippen LogP) is 5.32. The van der Waals surface area contributed by atoms with Crippen LogP contribution in [0.25, 0.3) is 16.9 Å². The maximum absolute atomic E-state index is 13.6. The molecule has 1 fully saturated rings. The lowest BCUT2D eigenvalue weighted by atomic mass is 9.87. The van der Waals surface area contributed by atoms with Crippen LogP contribution in [0, 0.1) is 5.92 Å². The van der Waals surface area contributed by atoms with Gasteiger partial charge in [0.05, 0.1) is 11.5 Å². The van der Waals surface area contributed by atoms with Gasteiger partial charge in [-0.05, 0) is 56.2 Å². The first-order chi connectivity index (χ1) is 19.1. The molecule has 0 atom stereocenters. The van der Waals surface area contributed by atoms with Gasteiger partial charge in [0.15, 0.2) is 11.5 Å². The molecule has 0 unspecified atom stereocenters. The molecule has 2 heterocycles. The summed E-state index contributed by atoms with van der Waals surface area (Å²) in [7, 11) is 0. The second kappa shape index (κ2) is 11.9. The molecule has 0 radical (unpaired) electrons. The van der Waals surface area contributed by atoms with E-state index >= 15 is 0 Å². The molecule has 4 rings (SSSR count). The summed E-state index contributed by atoms with van der Waals surface area (Å²) in [5, 5.41) is 15.0. The van der Waals surface area contributed by atoms with Crippen molar-refractivity contribution in [3.8, 4) is 17.1 Å². The molecule has 0 bridgehead atoms. The highest BCUT2D eigenvalue weighted by atomic mass is 19.4. The molecule has 40 heavy (non-hydrogen) atoms. The number of nitrogens with one attached hydrogen (secondary N) is 1. The molecule has 0 saturated heterocycles. The molecular formula is C27H25F3N6O4. The number of aromatic nitrogens is 4. The first kappa shape index (κ1) is 28.2. The van der Waals surface area contributed by atoms with Crippen LogP contribution in [0.4, 0.5) is 18.9 Å². The summed E-state index contributed by atoms with van der Waals surface area (Å²) in [5.41, 5.74) is -0.438. The van der Waals surface area contributed by atoms with E-state index in [9.17, 15) is 22.8 Å². The van der Waals surface area contributed by atoms with Crippen molar-refractivity contribution in [3.63, 3.8) is 0 Å². The molecule has 0 aliphatic heterocycles. The van der Waals surface area contributed by atoms with Crippen molar-refractivity contribution in [2.75, 3.05) is 5.32 Å². The number of nitrogens with zero attached hydrogens (tertiary/aromatic N) is 5. The van der Waals surface area contributed by atoms with Crippen LogP contribution in [-0.4, -0.2) is 49.6 Å². The zero-order chi connectivity index (χ0) is 28.9. The number of carbonyl (C=O) groups is 2. The van der Waals surface area contributed by atoms with E-state index in [0.29, 0.717) is 36.8 Å². The molecule has 2 N–H and O–H groups in total. The summed E-state index contributed by atoms with van der Waals surface area (Å²) >= 11 is 0. The van der Waals surface area contributed by atoms with Crippen molar-refractivity contribution in [2.24, 2.45) is 10.9 Å². The van der Waals surface area contributed by atoms with Crippen LogP contribution in [0.1, 0.15) is 41.7 Å². The first-order valence-corrected chi connectivity index (χ1v) is 12.2. The highest BCUT2D eigenvalue weighted by molar-refractivity contribution is 6.05. The lowest BCUT2D eigenvalue weighted by Gasteiger charge is -2.25. The smallest absolute Gasteiger partial charge is 0.435 e. The van der Waals surface area contributed by atoms with Gasteiger partial charge in [0.25, 0.3) is 5.91 Å². The van der Waals surface area contributed by atoms with Gasteiger partial charge in [-0.3, -0.25) is 9.59 Å². The van der Waals surface area contributed by atoms with E-state index in [-0.39, 0.29) is 29.5 Å². The number of allylic oxidation sites excluding steroid dienone is 2. The van der Waals surface area contributed by atoms with Crippen molar-refractivity contribution in [1.82, 2.24) is 19.7 Å².